The van der Waals surface area contributed by atoms with Gasteiger partial charge in [0.1, 0.15) is 6.04 Å². The third-order valence-corrected chi connectivity index (χ3v) is 1.63. The van der Waals surface area contributed by atoms with Crippen LogP contribution in [-0.4, -0.2) is 34.7 Å². The minimum atomic E-state index is -0.686. The zero-order valence-electron chi connectivity index (χ0n) is 7.49. The van der Waals surface area contributed by atoms with Gasteiger partial charge in [0.05, 0.1) is 18.6 Å². The second kappa shape index (κ2) is 5.13. The van der Waals surface area contributed by atoms with Gasteiger partial charge in [0, 0.05) is 12.6 Å². The Hall–Kier alpha value is -1.69. The van der Waals surface area contributed by atoms with Gasteiger partial charge in [0.2, 0.25) is 12.2 Å². The maximum Gasteiger partial charge on any atom is 0.234 e. The average Bonchev–Trinajstić information content (AvgIpc) is 2.69. The molecule has 0 aliphatic rings. The van der Waals surface area contributed by atoms with E-state index in [2.05, 4.69) is 15.3 Å². The first kappa shape index (κ1) is 10.4. The van der Waals surface area contributed by atoms with Crippen molar-refractivity contribution in [3.8, 4) is 0 Å². The summed E-state index contributed by atoms with van der Waals surface area (Å²) in [7, 11) is 0. The fourth-order valence-corrected chi connectivity index (χ4v) is 0.987. The first-order valence-electron chi connectivity index (χ1n) is 4.11. The predicted molar refractivity (Wildman–Crippen MR) is 49.0 cm³/mol. The van der Waals surface area contributed by atoms with Crippen LogP contribution in [0.15, 0.2) is 12.5 Å². The van der Waals surface area contributed by atoms with Crippen molar-refractivity contribution < 1.29 is 9.59 Å². The molecule has 1 amide bonds. The molecular formula is C8H11N4O2. The predicted octanol–water partition coefficient (Wildman–Crippen LogP) is -1.49. The number of amides is 1. The molecule has 0 fully saturated rings. The van der Waals surface area contributed by atoms with Gasteiger partial charge in [-0.2, -0.15) is 0 Å². The molecule has 1 rings (SSSR count). The molecule has 14 heavy (non-hydrogen) atoms. The Morgan fingerprint density at radius 3 is 3.07 bits per heavy atom. The molecule has 1 aromatic heterocycles. The molecule has 0 unspecified atom stereocenters. The lowest BCUT2D eigenvalue weighted by atomic mass is 10.2. The number of nitrogens with two attached hydrogens (primary N) is 1. The molecule has 6 nitrogen and oxygen atoms in total. The van der Waals surface area contributed by atoms with E-state index < -0.39 is 6.04 Å². The molecule has 1 aromatic rings. The van der Waals surface area contributed by atoms with Crippen LogP contribution in [-0.2, 0) is 16.0 Å². The van der Waals surface area contributed by atoms with Gasteiger partial charge in [-0.05, 0) is 0 Å². The molecule has 0 aliphatic carbocycles. The van der Waals surface area contributed by atoms with E-state index in [1.54, 1.807) is 12.5 Å². The topological polar surface area (TPSA) is 101 Å². The molecule has 0 saturated carbocycles. The van der Waals surface area contributed by atoms with E-state index in [-0.39, 0.29) is 12.5 Å². The highest BCUT2D eigenvalue weighted by molar-refractivity contribution is 5.81. The molecule has 0 bridgehead atoms. The standard InChI is InChI=1S/C8H11N4O2/c9-2-8(14)12-7(4-13)1-6-3-10-5-11-6/h3,5,7H,1-2,9H2,(H,10,11)(H,12,14)/t7-/m0/s1. The van der Waals surface area contributed by atoms with Crippen molar-refractivity contribution in [1.29, 1.82) is 0 Å². The third kappa shape index (κ3) is 2.98. The Balaban J connectivity index is 2.47. The highest BCUT2D eigenvalue weighted by atomic mass is 16.2. The van der Waals surface area contributed by atoms with E-state index in [1.807, 2.05) is 0 Å². The van der Waals surface area contributed by atoms with E-state index >= 15 is 0 Å². The number of H-pyrrole nitrogens is 1. The van der Waals surface area contributed by atoms with E-state index in [1.165, 1.54) is 6.33 Å². The summed E-state index contributed by atoms with van der Waals surface area (Å²) in [5.41, 5.74) is 5.78. The van der Waals surface area contributed by atoms with E-state index in [4.69, 9.17) is 5.73 Å². The summed E-state index contributed by atoms with van der Waals surface area (Å²) in [6.45, 7) is -0.140. The van der Waals surface area contributed by atoms with Crippen LogP contribution in [0.4, 0.5) is 0 Å². The van der Waals surface area contributed by atoms with Crippen LogP contribution < -0.4 is 11.1 Å². The highest BCUT2D eigenvalue weighted by Crippen LogP contribution is 1.95. The van der Waals surface area contributed by atoms with Crippen molar-refractivity contribution >= 4 is 12.2 Å². The third-order valence-electron chi connectivity index (χ3n) is 1.63. The van der Waals surface area contributed by atoms with Gasteiger partial charge in [-0.1, -0.05) is 0 Å². The molecule has 1 heterocycles. The summed E-state index contributed by atoms with van der Waals surface area (Å²) in [5.74, 6) is -0.381. The molecule has 0 spiro atoms. The number of hydrogen-bond donors (Lipinski definition) is 3. The summed E-state index contributed by atoms with van der Waals surface area (Å²) in [6.07, 6.45) is 5.19. The van der Waals surface area contributed by atoms with Crippen LogP contribution in [0.25, 0.3) is 0 Å². The molecular weight excluding hydrogens is 184 g/mol. The van der Waals surface area contributed by atoms with Gasteiger partial charge in [0.15, 0.2) is 0 Å². The van der Waals surface area contributed by atoms with Crippen LogP contribution in [0.3, 0.4) is 0 Å². The normalized spacial score (nSPS) is 12.1. The van der Waals surface area contributed by atoms with Crippen molar-refractivity contribution in [2.75, 3.05) is 6.54 Å². The number of nitrogens with one attached hydrogen (secondary N) is 2. The molecule has 0 aliphatic heterocycles. The Morgan fingerprint density at radius 1 is 1.79 bits per heavy atom. The summed E-state index contributed by atoms with van der Waals surface area (Å²) in [5, 5.41) is 2.41. The first-order chi connectivity index (χ1) is 6.76. The number of carbonyl (C=O) groups is 1. The maximum absolute atomic E-state index is 10.9. The van der Waals surface area contributed by atoms with Crippen molar-refractivity contribution in [3.63, 3.8) is 0 Å². The van der Waals surface area contributed by atoms with Gasteiger partial charge in [-0.25, -0.2) is 4.98 Å². The van der Waals surface area contributed by atoms with Crippen LogP contribution in [0, 0.1) is 0 Å². The fourth-order valence-electron chi connectivity index (χ4n) is 0.987. The Morgan fingerprint density at radius 2 is 2.57 bits per heavy atom. The van der Waals surface area contributed by atoms with Gasteiger partial charge in [0.25, 0.3) is 0 Å². The Bertz CT molecular complexity index is 296. The lowest BCUT2D eigenvalue weighted by Gasteiger charge is -2.08. The Kier molecular flexibility index (Phi) is 3.81. The summed E-state index contributed by atoms with van der Waals surface area (Å²) < 4.78 is 0. The van der Waals surface area contributed by atoms with E-state index in [9.17, 15) is 9.59 Å². The number of aromatic amines is 1. The summed E-state index contributed by atoms with van der Waals surface area (Å²) in [6, 6.07) is -0.686. The summed E-state index contributed by atoms with van der Waals surface area (Å²) >= 11 is 0. The second-order valence-corrected chi connectivity index (χ2v) is 2.71. The minimum absolute atomic E-state index is 0.140. The van der Waals surface area contributed by atoms with Crippen molar-refractivity contribution in [1.82, 2.24) is 15.3 Å². The number of nitrogens with zero attached hydrogens (tertiary/aromatic N) is 1. The number of hydrogen-bond acceptors (Lipinski definition) is 4. The van der Waals surface area contributed by atoms with Gasteiger partial charge >= 0.3 is 0 Å². The molecule has 1 atom stereocenters. The Labute approximate surface area is 80.9 Å². The zero-order valence-corrected chi connectivity index (χ0v) is 7.49. The van der Waals surface area contributed by atoms with Crippen LogP contribution >= 0.6 is 0 Å². The molecule has 4 N–H and O–H groups in total. The van der Waals surface area contributed by atoms with Crippen LogP contribution in [0.2, 0.25) is 0 Å². The van der Waals surface area contributed by atoms with E-state index in [0.29, 0.717) is 12.1 Å². The zero-order chi connectivity index (χ0) is 10.4. The van der Waals surface area contributed by atoms with E-state index in [0.717, 1.165) is 0 Å². The minimum Gasteiger partial charge on any atom is -0.351 e. The number of carbonyl (C=O) groups excluding carboxylic acids is 2. The van der Waals surface area contributed by atoms with Crippen LogP contribution in [0.5, 0.6) is 0 Å². The largest absolute Gasteiger partial charge is 0.351 e. The van der Waals surface area contributed by atoms with Crippen molar-refractivity contribution in [2.24, 2.45) is 5.73 Å². The lowest BCUT2D eigenvalue weighted by Crippen LogP contribution is -2.41. The second-order valence-electron chi connectivity index (χ2n) is 2.71. The molecule has 6 heteroatoms. The van der Waals surface area contributed by atoms with Gasteiger partial charge in [-0.15, -0.1) is 0 Å². The van der Waals surface area contributed by atoms with Crippen molar-refractivity contribution in [3.05, 3.63) is 18.2 Å². The molecule has 0 aromatic carbocycles. The maximum atomic E-state index is 10.9. The molecule has 1 radical (unpaired) electrons. The van der Waals surface area contributed by atoms with Gasteiger partial charge < -0.3 is 16.0 Å². The number of imidazole rings is 1. The average molecular weight is 195 g/mol. The summed E-state index contributed by atoms with van der Waals surface area (Å²) in [4.78, 5) is 28.0. The lowest BCUT2D eigenvalue weighted by molar-refractivity contribution is -0.120. The number of rotatable bonds is 5. The molecule has 0 saturated heterocycles. The fraction of sp³-hybridized carbons (Fsp3) is 0.375. The smallest absolute Gasteiger partial charge is 0.234 e. The van der Waals surface area contributed by atoms with Gasteiger partial charge in [-0.3, -0.25) is 9.59 Å². The number of aromatic nitrogens is 2. The first-order valence-corrected chi connectivity index (χ1v) is 4.11. The highest BCUT2D eigenvalue weighted by Gasteiger charge is 2.12. The monoisotopic (exact) mass is 195 g/mol. The van der Waals surface area contributed by atoms with Crippen LogP contribution in [0.1, 0.15) is 5.69 Å². The quantitative estimate of drug-likeness (QED) is 0.532. The SMILES string of the molecule is NCC(=O)N[C@H]([C]=O)Cc1c[nH]cn1. The molecule has 75 valence electrons. The van der Waals surface area contributed by atoms with Crippen molar-refractivity contribution in [2.45, 2.75) is 12.5 Å².